The molecule has 0 spiro atoms. The number of hydrogen-bond acceptors (Lipinski definition) is 2. The molecule has 2 aliphatic rings. The SMILES string of the molecule is C=C=C1CCC(c2ccc3c(c2)CCC(CC(CCC)CCCC(C)=O)C3)C(=C=C)N1.C=CC(C)(C)C.[HH]. The van der Waals surface area contributed by atoms with Gasteiger partial charge in [-0.2, -0.15) is 0 Å². The third-order valence-corrected chi connectivity index (χ3v) is 7.80. The Morgan fingerprint density at radius 2 is 1.89 bits per heavy atom. The Bertz CT molecular complexity index is 1020. The van der Waals surface area contributed by atoms with Crippen LogP contribution in [0.25, 0.3) is 0 Å². The van der Waals surface area contributed by atoms with Crippen LogP contribution in [0.1, 0.15) is 116 Å². The molecular weight excluding hydrogens is 450 g/mol. The average molecular weight is 504 g/mol. The molecule has 3 atom stereocenters. The summed E-state index contributed by atoms with van der Waals surface area (Å²) < 4.78 is 0. The third kappa shape index (κ3) is 10.4. The van der Waals surface area contributed by atoms with Crippen LogP contribution in [-0.2, 0) is 17.6 Å². The van der Waals surface area contributed by atoms with Crippen molar-refractivity contribution in [3.8, 4) is 0 Å². The van der Waals surface area contributed by atoms with Gasteiger partial charge in [-0.25, -0.2) is 0 Å². The molecule has 2 nitrogen and oxygen atoms in total. The molecule has 0 bridgehead atoms. The molecule has 0 radical (unpaired) electrons. The van der Waals surface area contributed by atoms with Gasteiger partial charge in [-0.1, -0.05) is 84.4 Å². The van der Waals surface area contributed by atoms with Crippen LogP contribution >= 0.6 is 0 Å². The molecule has 1 aromatic carbocycles. The molecule has 0 saturated carbocycles. The first-order valence-electron chi connectivity index (χ1n) is 14.4. The van der Waals surface area contributed by atoms with Crippen molar-refractivity contribution in [3.05, 3.63) is 83.6 Å². The minimum Gasteiger partial charge on any atom is -0.349 e. The number of ketones is 1. The Balaban J connectivity index is 0.000000925. The van der Waals surface area contributed by atoms with E-state index in [0.29, 0.717) is 17.1 Å². The summed E-state index contributed by atoms with van der Waals surface area (Å²) in [5.41, 5.74) is 13.0. The highest BCUT2D eigenvalue weighted by Gasteiger charge is 2.26. The Morgan fingerprint density at radius 3 is 2.49 bits per heavy atom. The lowest BCUT2D eigenvalue weighted by molar-refractivity contribution is -0.117. The lowest BCUT2D eigenvalue weighted by Crippen LogP contribution is -2.24. The molecule has 1 N–H and O–H groups in total. The zero-order valence-electron chi connectivity index (χ0n) is 24.3. The highest BCUT2D eigenvalue weighted by Crippen LogP contribution is 2.37. The van der Waals surface area contributed by atoms with E-state index in [1.807, 2.05) is 6.08 Å². The molecule has 3 rings (SSSR count). The summed E-state index contributed by atoms with van der Waals surface area (Å²) in [4.78, 5) is 11.3. The molecule has 0 aromatic heterocycles. The lowest BCUT2D eigenvalue weighted by Gasteiger charge is -2.31. The van der Waals surface area contributed by atoms with Gasteiger partial charge in [0.2, 0.25) is 0 Å². The number of hydrogen-bond donors (Lipinski definition) is 1. The van der Waals surface area contributed by atoms with Gasteiger partial charge in [0, 0.05) is 13.8 Å². The summed E-state index contributed by atoms with van der Waals surface area (Å²) in [5, 5.41) is 3.41. The molecular formula is C35H53NO. The number of Topliss-reactive ketones (excluding diaryl/α,β-unsaturated/α-hetero) is 1. The fourth-order valence-corrected chi connectivity index (χ4v) is 5.55. The van der Waals surface area contributed by atoms with E-state index in [0.717, 1.165) is 48.9 Å². The van der Waals surface area contributed by atoms with Crippen LogP contribution in [-0.4, -0.2) is 5.78 Å². The number of piperidine rings is 1. The first-order valence-corrected chi connectivity index (χ1v) is 14.4. The summed E-state index contributed by atoms with van der Waals surface area (Å²) in [5.74, 6) is 2.23. The zero-order valence-corrected chi connectivity index (χ0v) is 24.3. The average Bonchev–Trinajstić information content (AvgIpc) is 2.87. The van der Waals surface area contributed by atoms with E-state index >= 15 is 0 Å². The second-order valence-electron chi connectivity index (χ2n) is 12.2. The van der Waals surface area contributed by atoms with Gasteiger partial charge in [0.15, 0.2) is 0 Å². The van der Waals surface area contributed by atoms with Crippen molar-refractivity contribution in [2.75, 3.05) is 0 Å². The zero-order chi connectivity index (χ0) is 27.4. The van der Waals surface area contributed by atoms with Gasteiger partial charge >= 0.3 is 0 Å². The van der Waals surface area contributed by atoms with Crippen molar-refractivity contribution in [2.24, 2.45) is 17.3 Å². The molecule has 204 valence electrons. The van der Waals surface area contributed by atoms with Crippen LogP contribution in [0.15, 0.2) is 66.9 Å². The first kappa shape index (κ1) is 30.7. The van der Waals surface area contributed by atoms with E-state index in [-0.39, 0.29) is 1.43 Å². The van der Waals surface area contributed by atoms with E-state index in [2.05, 4.69) is 82.4 Å². The van der Waals surface area contributed by atoms with Gasteiger partial charge < -0.3 is 10.1 Å². The van der Waals surface area contributed by atoms with E-state index in [1.165, 1.54) is 56.1 Å². The smallest absolute Gasteiger partial charge is 0.129 e. The largest absolute Gasteiger partial charge is 0.349 e. The monoisotopic (exact) mass is 503 g/mol. The topological polar surface area (TPSA) is 29.1 Å². The van der Waals surface area contributed by atoms with Crippen LogP contribution in [0.3, 0.4) is 0 Å². The predicted molar refractivity (Wildman–Crippen MR) is 162 cm³/mol. The van der Waals surface area contributed by atoms with Crippen molar-refractivity contribution < 1.29 is 6.22 Å². The quantitative estimate of drug-likeness (QED) is 0.268. The van der Waals surface area contributed by atoms with E-state index in [9.17, 15) is 4.79 Å². The van der Waals surface area contributed by atoms with Crippen molar-refractivity contribution in [3.63, 3.8) is 0 Å². The van der Waals surface area contributed by atoms with Gasteiger partial charge in [-0.3, -0.25) is 0 Å². The third-order valence-electron chi connectivity index (χ3n) is 7.80. The summed E-state index contributed by atoms with van der Waals surface area (Å²) in [7, 11) is 0. The van der Waals surface area contributed by atoms with Gasteiger partial charge in [0.05, 0.1) is 11.4 Å². The normalized spacial score (nSPS) is 19.8. The maximum Gasteiger partial charge on any atom is 0.129 e. The van der Waals surface area contributed by atoms with Crippen molar-refractivity contribution in [1.29, 1.82) is 0 Å². The Morgan fingerprint density at radius 1 is 1.16 bits per heavy atom. The summed E-state index contributed by atoms with van der Waals surface area (Å²) in [6, 6.07) is 7.14. The van der Waals surface area contributed by atoms with Crippen LogP contribution < -0.4 is 5.32 Å². The fourth-order valence-electron chi connectivity index (χ4n) is 5.55. The Labute approximate surface area is 229 Å². The van der Waals surface area contributed by atoms with E-state index in [4.69, 9.17) is 0 Å². The van der Waals surface area contributed by atoms with Crippen molar-refractivity contribution in [2.45, 2.75) is 111 Å². The standard InChI is InChI=1S/C29H39NO.C6H12.H2/c1-5-9-22(11-8-10-21(4)31)18-23-12-13-25-20-26(15-14-24(25)19-23)28-17-16-27(6-2)30-29(28)7-3;1-5-6(2,3)4;/h14-15,20,22-23,28,30H,2-3,5,8-13,16-19H2,1,4H3;5H,1H2,2-4H3;1H. The minimum absolute atomic E-state index is 0. The highest BCUT2D eigenvalue weighted by molar-refractivity contribution is 5.75. The molecule has 1 heterocycles. The predicted octanol–water partition coefficient (Wildman–Crippen LogP) is 9.63. The van der Waals surface area contributed by atoms with Gasteiger partial charge in [0.25, 0.3) is 0 Å². The number of aryl methyl sites for hydroxylation is 1. The van der Waals surface area contributed by atoms with Crippen LogP contribution in [0.2, 0.25) is 0 Å². The van der Waals surface area contributed by atoms with Gasteiger partial charge in [-0.05, 0) is 85.8 Å². The Hall–Kier alpha value is -2.53. The van der Waals surface area contributed by atoms with E-state index < -0.39 is 0 Å². The maximum absolute atomic E-state index is 11.3. The number of carbonyl (C=O) groups excluding carboxylic acids is 1. The van der Waals surface area contributed by atoms with Gasteiger partial charge in [-0.15, -0.1) is 18.0 Å². The number of nitrogens with one attached hydrogen (secondary N) is 1. The Kier molecular flexibility index (Phi) is 12.5. The summed E-state index contributed by atoms with van der Waals surface area (Å²) in [6.07, 6.45) is 14.5. The van der Waals surface area contributed by atoms with Gasteiger partial charge in [0.1, 0.15) is 5.78 Å². The van der Waals surface area contributed by atoms with Crippen LogP contribution in [0.4, 0.5) is 0 Å². The number of allylic oxidation sites excluding steroid dienone is 3. The van der Waals surface area contributed by atoms with Crippen LogP contribution in [0.5, 0.6) is 0 Å². The molecule has 3 unspecified atom stereocenters. The summed E-state index contributed by atoms with van der Waals surface area (Å²) >= 11 is 0. The fraction of sp³-hybridized carbons (Fsp3) is 0.571. The lowest BCUT2D eigenvalue weighted by atomic mass is 9.76. The summed E-state index contributed by atoms with van der Waals surface area (Å²) in [6.45, 7) is 21.7. The molecule has 1 saturated heterocycles. The molecule has 1 aliphatic heterocycles. The number of carbonyl (C=O) groups is 1. The molecule has 1 aromatic rings. The highest BCUT2D eigenvalue weighted by atomic mass is 16.1. The van der Waals surface area contributed by atoms with Crippen molar-refractivity contribution >= 4 is 5.78 Å². The number of benzene rings is 1. The molecule has 0 amide bonds. The molecule has 37 heavy (non-hydrogen) atoms. The number of rotatable bonds is 9. The molecule has 2 heteroatoms. The second-order valence-corrected chi connectivity index (χ2v) is 12.2. The van der Waals surface area contributed by atoms with Crippen molar-refractivity contribution in [1.82, 2.24) is 5.32 Å². The number of fused-ring (bicyclic) bond motifs is 1. The molecule has 1 aliphatic carbocycles. The minimum atomic E-state index is 0. The maximum atomic E-state index is 11.3. The second kappa shape index (κ2) is 15.0. The van der Waals surface area contributed by atoms with E-state index in [1.54, 1.807) is 12.5 Å². The molecule has 1 fully saturated rings. The first-order chi connectivity index (χ1) is 17.6. The van der Waals surface area contributed by atoms with Crippen LogP contribution in [0, 0.1) is 17.3 Å².